The van der Waals surface area contributed by atoms with Gasteiger partial charge < -0.3 is 9.64 Å². The van der Waals surface area contributed by atoms with Gasteiger partial charge in [-0.3, -0.25) is 4.79 Å². The smallest absolute Gasteiger partial charge is 0.338 e. The van der Waals surface area contributed by atoms with Gasteiger partial charge in [-0.15, -0.1) is 0 Å². The van der Waals surface area contributed by atoms with Crippen molar-refractivity contribution in [3.8, 4) is 0 Å². The van der Waals surface area contributed by atoms with E-state index in [4.69, 9.17) is 4.74 Å². The fraction of sp³-hybridized carbons (Fsp3) is 0.500. The van der Waals surface area contributed by atoms with Crippen LogP contribution >= 0.6 is 0 Å². The highest BCUT2D eigenvalue weighted by Crippen LogP contribution is 2.19. The summed E-state index contributed by atoms with van der Waals surface area (Å²) in [7, 11) is -3.11. The third-order valence-electron chi connectivity index (χ3n) is 5.07. The summed E-state index contributed by atoms with van der Waals surface area (Å²) < 4.78 is 28.7. The molecule has 1 saturated heterocycles. The van der Waals surface area contributed by atoms with Crippen molar-refractivity contribution >= 4 is 32.7 Å². The van der Waals surface area contributed by atoms with Crippen molar-refractivity contribution in [1.82, 2.24) is 14.9 Å². The Bertz CT molecular complexity index is 1050. The monoisotopic (exact) mass is 419 g/mol. The van der Waals surface area contributed by atoms with Crippen LogP contribution in [0.3, 0.4) is 0 Å². The Labute approximate surface area is 170 Å². The van der Waals surface area contributed by atoms with E-state index < -0.39 is 22.4 Å². The largest absolute Gasteiger partial charge is 0.452 e. The first-order chi connectivity index (χ1) is 13.7. The molecule has 0 radical (unpaired) electrons. The molecule has 0 saturated carbocycles. The van der Waals surface area contributed by atoms with Crippen LogP contribution in [0.5, 0.6) is 0 Å². The van der Waals surface area contributed by atoms with Crippen molar-refractivity contribution in [2.45, 2.75) is 39.7 Å². The van der Waals surface area contributed by atoms with E-state index in [-0.39, 0.29) is 29.0 Å². The van der Waals surface area contributed by atoms with Crippen LogP contribution in [0.1, 0.15) is 41.5 Å². The highest BCUT2D eigenvalue weighted by atomic mass is 32.2. The van der Waals surface area contributed by atoms with Crippen molar-refractivity contribution in [3.63, 3.8) is 0 Å². The average Bonchev–Trinajstić information content (AvgIpc) is 3.03. The van der Waals surface area contributed by atoms with Gasteiger partial charge in [0.25, 0.3) is 5.91 Å². The minimum Gasteiger partial charge on any atom is -0.452 e. The van der Waals surface area contributed by atoms with Gasteiger partial charge in [-0.2, -0.15) is 0 Å². The number of amides is 1. The summed E-state index contributed by atoms with van der Waals surface area (Å²) in [6.45, 7) is 5.63. The van der Waals surface area contributed by atoms with E-state index in [1.165, 1.54) is 4.90 Å². The van der Waals surface area contributed by atoms with Crippen molar-refractivity contribution in [3.05, 3.63) is 35.2 Å². The van der Waals surface area contributed by atoms with Crippen LogP contribution in [0.15, 0.2) is 18.2 Å². The molecule has 0 N–H and O–H groups in total. The average molecular weight is 420 g/mol. The van der Waals surface area contributed by atoms with Crippen LogP contribution in [0, 0.1) is 13.8 Å². The van der Waals surface area contributed by atoms with Gasteiger partial charge in [-0.1, -0.05) is 6.92 Å². The first kappa shape index (κ1) is 21.2. The van der Waals surface area contributed by atoms with Gasteiger partial charge in [0.05, 0.1) is 39.5 Å². The SMILES string of the molecule is CCCN(C(=O)COC(=O)c1ccc2nc(C)c(C)nc2c1)[C@@H]1CCS(=O)(=O)C1. The van der Waals surface area contributed by atoms with Gasteiger partial charge in [-0.25, -0.2) is 23.2 Å². The molecule has 1 aliphatic rings. The van der Waals surface area contributed by atoms with Crippen molar-refractivity contribution < 1.29 is 22.7 Å². The minimum atomic E-state index is -3.11. The number of rotatable bonds is 6. The summed E-state index contributed by atoms with van der Waals surface area (Å²) in [5, 5.41) is 0. The third kappa shape index (κ3) is 4.90. The van der Waals surface area contributed by atoms with Crippen molar-refractivity contribution in [2.24, 2.45) is 0 Å². The molecule has 1 aromatic heterocycles. The number of sulfone groups is 1. The number of benzene rings is 1. The lowest BCUT2D eigenvalue weighted by molar-refractivity contribution is -0.136. The number of aryl methyl sites for hydroxylation is 2. The molecule has 0 spiro atoms. The highest BCUT2D eigenvalue weighted by Gasteiger charge is 2.34. The van der Waals surface area contributed by atoms with Crippen LogP contribution in [0.25, 0.3) is 11.0 Å². The number of carbonyl (C=O) groups excluding carboxylic acids is 2. The molecular formula is C20H25N3O5S. The summed E-state index contributed by atoms with van der Waals surface area (Å²) in [6, 6.07) is 4.52. The van der Waals surface area contributed by atoms with Crippen molar-refractivity contribution in [2.75, 3.05) is 24.7 Å². The Balaban J connectivity index is 1.68. The number of ether oxygens (including phenoxy) is 1. The molecule has 9 heteroatoms. The standard InChI is InChI=1S/C20H25N3O5S/c1-4-8-23(16-7-9-29(26,27)12-16)19(24)11-28-20(25)15-5-6-17-18(10-15)22-14(3)13(2)21-17/h5-6,10,16H,4,7-9,11-12H2,1-3H3/t16-/m1/s1. The van der Waals surface area contributed by atoms with E-state index in [0.29, 0.717) is 30.4 Å². The molecule has 8 nitrogen and oxygen atoms in total. The molecule has 0 bridgehead atoms. The lowest BCUT2D eigenvalue weighted by Gasteiger charge is -2.27. The van der Waals surface area contributed by atoms with Gasteiger partial charge >= 0.3 is 5.97 Å². The van der Waals surface area contributed by atoms with Gasteiger partial charge in [-0.05, 0) is 44.9 Å². The second-order valence-electron chi connectivity index (χ2n) is 7.32. The molecular weight excluding hydrogens is 394 g/mol. The summed E-state index contributed by atoms with van der Waals surface area (Å²) in [4.78, 5) is 35.4. The molecule has 3 rings (SSSR count). The lowest BCUT2D eigenvalue weighted by atomic mass is 10.2. The van der Waals surface area contributed by atoms with Crippen molar-refractivity contribution in [1.29, 1.82) is 0 Å². The number of fused-ring (bicyclic) bond motifs is 1. The molecule has 1 aromatic carbocycles. The van der Waals surface area contributed by atoms with Crippen LogP contribution in [-0.4, -0.2) is 65.9 Å². The molecule has 156 valence electrons. The quantitative estimate of drug-likeness (QED) is 0.658. The van der Waals surface area contributed by atoms with E-state index in [1.54, 1.807) is 18.2 Å². The van der Waals surface area contributed by atoms with E-state index in [9.17, 15) is 18.0 Å². The molecule has 1 fully saturated rings. The molecule has 1 amide bonds. The number of aromatic nitrogens is 2. The Morgan fingerprint density at radius 1 is 1.17 bits per heavy atom. The predicted molar refractivity (Wildman–Crippen MR) is 108 cm³/mol. The first-order valence-corrected chi connectivity index (χ1v) is 11.4. The molecule has 2 heterocycles. The molecule has 0 unspecified atom stereocenters. The van der Waals surface area contributed by atoms with E-state index in [1.807, 2.05) is 20.8 Å². The number of nitrogens with zero attached hydrogens (tertiary/aromatic N) is 3. The Kier molecular flexibility index (Phi) is 6.16. The van der Waals surface area contributed by atoms with Crippen LogP contribution in [-0.2, 0) is 19.4 Å². The Morgan fingerprint density at radius 3 is 2.48 bits per heavy atom. The number of hydrogen-bond acceptors (Lipinski definition) is 7. The lowest BCUT2D eigenvalue weighted by Crippen LogP contribution is -2.43. The van der Waals surface area contributed by atoms with E-state index >= 15 is 0 Å². The zero-order valence-electron chi connectivity index (χ0n) is 16.8. The Hall–Kier alpha value is -2.55. The number of carbonyl (C=O) groups is 2. The summed E-state index contributed by atoms with van der Waals surface area (Å²) >= 11 is 0. The summed E-state index contributed by atoms with van der Waals surface area (Å²) in [5.74, 6) is -0.957. The molecule has 0 aliphatic carbocycles. The number of hydrogen-bond donors (Lipinski definition) is 0. The first-order valence-electron chi connectivity index (χ1n) is 9.62. The second-order valence-corrected chi connectivity index (χ2v) is 9.55. The van der Waals surface area contributed by atoms with Crippen LogP contribution in [0.2, 0.25) is 0 Å². The zero-order valence-corrected chi connectivity index (χ0v) is 17.7. The third-order valence-corrected chi connectivity index (χ3v) is 6.82. The van der Waals surface area contributed by atoms with E-state index in [0.717, 1.165) is 11.4 Å². The maximum Gasteiger partial charge on any atom is 0.338 e. The summed E-state index contributed by atoms with van der Waals surface area (Å²) in [6.07, 6.45) is 1.11. The van der Waals surface area contributed by atoms with Gasteiger partial charge in [0.1, 0.15) is 0 Å². The molecule has 1 aliphatic heterocycles. The normalized spacial score (nSPS) is 18.0. The zero-order chi connectivity index (χ0) is 21.2. The Morgan fingerprint density at radius 2 is 1.86 bits per heavy atom. The van der Waals surface area contributed by atoms with Gasteiger partial charge in [0.2, 0.25) is 0 Å². The summed E-state index contributed by atoms with van der Waals surface area (Å²) in [5.41, 5.74) is 3.14. The maximum absolute atomic E-state index is 12.6. The van der Waals surface area contributed by atoms with E-state index in [2.05, 4.69) is 9.97 Å². The number of esters is 1. The predicted octanol–water partition coefficient (Wildman–Crippen LogP) is 1.83. The topological polar surface area (TPSA) is 107 Å². The molecule has 1 atom stereocenters. The molecule has 29 heavy (non-hydrogen) atoms. The van der Waals surface area contributed by atoms with Gasteiger partial charge in [0, 0.05) is 12.6 Å². The van der Waals surface area contributed by atoms with Crippen LogP contribution in [0.4, 0.5) is 0 Å². The van der Waals surface area contributed by atoms with Gasteiger partial charge in [0.15, 0.2) is 16.4 Å². The molecule has 2 aromatic rings. The highest BCUT2D eigenvalue weighted by molar-refractivity contribution is 7.91. The second kappa shape index (κ2) is 8.44. The fourth-order valence-corrected chi connectivity index (χ4v) is 5.15. The maximum atomic E-state index is 12.6. The minimum absolute atomic E-state index is 0.0329. The fourth-order valence-electron chi connectivity index (χ4n) is 3.42. The van der Waals surface area contributed by atoms with Crippen LogP contribution < -0.4 is 0 Å².